The molecule has 2 aromatic rings. The zero-order chi connectivity index (χ0) is 14.1. The lowest BCUT2D eigenvalue weighted by Crippen LogP contribution is -2.27. The molecule has 0 saturated carbocycles. The van der Waals surface area contributed by atoms with E-state index < -0.39 is 0 Å². The molecule has 102 valence electrons. The van der Waals surface area contributed by atoms with E-state index in [2.05, 4.69) is 17.4 Å². The SMILES string of the molecule is Nc1c(Cl)cccc1C(=O)N[C@@H]1CCc2ccccc21. The maximum Gasteiger partial charge on any atom is 0.253 e. The number of nitrogen functional groups attached to an aromatic ring is 1. The van der Waals surface area contributed by atoms with Crippen molar-refractivity contribution >= 4 is 23.2 Å². The zero-order valence-electron chi connectivity index (χ0n) is 10.9. The van der Waals surface area contributed by atoms with E-state index in [4.69, 9.17) is 17.3 Å². The van der Waals surface area contributed by atoms with Crippen LogP contribution in [0.2, 0.25) is 5.02 Å². The smallest absolute Gasteiger partial charge is 0.253 e. The van der Waals surface area contributed by atoms with E-state index in [1.807, 2.05) is 12.1 Å². The van der Waals surface area contributed by atoms with Crippen LogP contribution in [0.5, 0.6) is 0 Å². The molecule has 1 atom stereocenters. The third kappa shape index (κ3) is 2.25. The Hall–Kier alpha value is -2.00. The van der Waals surface area contributed by atoms with Crippen molar-refractivity contribution in [3.05, 3.63) is 64.2 Å². The Morgan fingerprint density at radius 1 is 1.20 bits per heavy atom. The van der Waals surface area contributed by atoms with Gasteiger partial charge in [0.25, 0.3) is 5.91 Å². The molecule has 1 aliphatic carbocycles. The van der Waals surface area contributed by atoms with Gasteiger partial charge in [-0.2, -0.15) is 0 Å². The summed E-state index contributed by atoms with van der Waals surface area (Å²) in [7, 11) is 0. The minimum absolute atomic E-state index is 0.0529. The molecule has 4 heteroatoms. The Balaban J connectivity index is 1.83. The number of fused-ring (bicyclic) bond motifs is 1. The van der Waals surface area contributed by atoms with Crippen LogP contribution in [0.15, 0.2) is 42.5 Å². The topological polar surface area (TPSA) is 55.1 Å². The van der Waals surface area contributed by atoms with Crippen molar-refractivity contribution in [1.82, 2.24) is 5.32 Å². The van der Waals surface area contributed by atoms with Crippen LogP contribution in [-0.4, -0.2) is 5.91 Å². The molecular weight excluding hydrogens is 272 g/mol. The number of nitrogens with one attached hydrogen (secondary N) is 1. The molecule has 3 N–H and O–H groups in total. The van der Waals surface area contributed by atoms with Gasteiger partial charge in [0.05, 0.1) is 22.3 Å². The molecule has 1 amide bonds. The fourth-order valence-corrected chi connectivity index (χ4v) is 2.85. The van der Waals surface area contributed by atoms with Crippen LogP contribution in [0.1, 0.15) is 33.9 Å². The first kappa shape index (κ1) is 13.0. The number of rotatable bonds is 2. The molecule has 20 heavy (non-hydrogen) atoms. The Kier molecular flexibility index (Phi) is 3.36. The molecule has 0 fully saturated rings. The zero-order valence-corrected chi connectivity index (χ0v) is 11.7. The van der Waals surface area contributed by atoms with Crippen LogP contribution >= 0.6 is 11.6 Å². The predicted molar refractivity (Wildman–Crippen MR) is 80.8 cm³/mol. The average molecular weight is 287 g/mol. The standard InChI is InChI=1S/C16H15ClN2O/c17-13-7-3-6-12(15(13)18)16(20)19-14-9-8-10-4-1-2-5-11(10)14/h1-7,14H,8-9,18H2,(H,19,20)/t14-/m1/s1. The van der Waals surface area contributed by atoms with Crippen molar-refractivity contribution in [3.8, 4) is 0 Å². The van der Waals surface area contributed by atoms with Gasteiger partial charge >= 0.3 is 0 Å². The minimum Gasteiger partial charge on any atom is -0.397 e. The third-order valence-electron chi connectivity index (χ3n) is 3.74. The number of carbonyl (C=O) groups is 1. The second-order valence-corrected chi connectivity index (χ2v) is 5.37. The van der Waals surface area contributed by atoms with Gasteiger partial charge in [-0.05, 0) is 36.1 Å². The van der Waals surface area contributed by atoms with Crippen LogP contribution in [-0.2, 0) is 6.42 Å². The number of nitrogens with two attached hydrogens (primary N) is 1. The number of carbonyl (C=O) groups excluding carboxylic acids is 1. The summed E-state index contributed by atoms with van der Waals surface area (Å²) in [5.41, 5.74) is 9.12. The van der Waals surface area contributed by atoms with Crippen molar-refractivity contribution in [2.75, 3.05) is 5.73 Å². The lowest BCUT2D eigenvalue weighted by atomic mass is 10.1. The number of amides is 1. The molecule has 0 radical (unpaired) electrons. The number of benzene rings is 2. The number of hydrogen-bond donors (Lipinski definition) is 2. The van der Waals surface area contributed by atoms with Crippen molar-refractivity contribution in [1.29, 1.82) is 0 Å². The molecule has 0 heterocycles. The summed E-state index contributed by atoms with van der Waals surface area (Å²) in [4.78, 5) is 12.3. The van der Waals surface area contributed by atoms with Crippen molar-refractivity contribution in [3.63, 3.8) is 0 Å². The lowest BCUT2D eigenvalue weighted by Gasteiger charge is -2.15. The summed E-state index contributed by atoms with van der Waals surface area (Å²) in [5.74, 6) is -0.174. The van der Waals surface area contributed by atoms with E-state index in [1.54, 1.807) is 18.2 Å². The Morgan fingerprint density at radius 3 is 2.85 bits per heavy atom. The van der Waals surface area contributed by atoms with Crippen LogP contribution in [0.25, 0.3) is 0 Å². The summed E-state index contributed by atoms with van der Waals surface area (Å²) in [6.07, 6.45) is 1.91. The van der Waals surface area contributed by atoms with Gasteiger partial charge in [-0.25, -0.2) is 0 Å². The average Bonchev–Trinajstić information content (AvgIpc) is 2.85. The molecule has 2 aromatic carbocycles. The highest BCUT2D eigenvalue weighted by molar-refractivity contribution is 6.33. The second kappa shape index (κ2) is 5.17. The molecule has 0 saturated heterocycles. The van der Waals surface area contributed by atoms with Crippen LogP contribution < -0.4 is 11.1 Å². The lowest BCUT2D eigenvalue weighted by molar-refractivity contribution is 0.0937. The van der Waals surface area contributed by atoms with Gasteiger partial charge < -0.3 is 11.1 Å². The van der Waals surface area contributed by atoms with Gasteiger partial charge in [-0.3, -0.25) is 4.79 Å². The highest BCUT2D eigenvalue weighted by Crippen LogP contribution is 2.31. The summed E-state index contributed by atoms with van der Waals surface area (Å²) in [5, 5.41) is 3.45. The number of para-hydroxylation sites is 1. The largest absolute Gasteiger partial charge is 0.397 e. The summed E-state index contributed by atoms with van der Waals surface area (Å²) >= 11 is 5.95. The van der Waals surface area contributed by atoms with Gasteiger partial charge in [0.1, 0.15) is 0 Å². The first-order valence-electron chi connectivity index (χ1n) is 6.59. The summed E-state index contributed by atoms with van der Waals surface area (Å²) < 4.78 is 0. The minimum atomic E-state index is -0.174. The van der Waals surface area contributed by atoms with Crippen LogP contribution in [0.3, 0.4) is 0 Å². The molecule has 0 unspecified atom stereocenters. The Labute approximate surface area is 122 Å². The van der Waals surface area contributed by atoms with E-state index in [1.165, 1.54) is 11.1 Å². The highest BCUT2D eigenvalue weighted by atomic mass is 35.5. The van der Waals surface area contributed by atoms with Gasteiger partial charge in [0.2, 0.25) is 0 Å². The van der Waals surface area contributed by atoms with Crippen molar-refractivity contribution < 1.29 is 4.79 Å². The van der Waals surface area contributed by atoms with Gasteiger partial charge in [0, 0.05) is 0 Å². The van der Waals surface area contributed by atoms with Crippen LogP contribution in [0, 0.1) is 0 Å². The van der Waals surface area contributed by atoms with Crippen LogP contribution in [0.4, 0.5) is 5.69 Å². The Bertz CT molecular complexity index is 669. The number of halogens is 1. The molecular formula is C16H15ClN2O. The number of aryl methyl sites for hydroxylation is 1. The third-order valence-corrected chi connectivity index (χ3v) is 4.07. The van der Waals surface area contributed by atoms with Gasteiger partial charge in [-0.1, -0.05) is 41.9 Å². The highest BCUT2D eigenvalue weighted by Gasteiger charge is 2.24. The second-order valence-electron chi connectivity index (χ2n) is 4.96. The molecule has 3 rings (SSSR count). The molecule has 0 bridgehead atoms. The van der Waals surface area contributed by atoms with E-state index in [0.717, 1.165) is 12.8 Å². The molecule has 0 aromatic heterocycles. The molecule has 0 aliphatic heterocycles. The van der Waals surface area contributed by atoms with Gasteiger partial charge in [0.15, 0.2) is 0 Å². The van der Waals surface area contributed by atoms with E-state index in [-0.39, 0.29) is 11.9 Å². The van der Waals surface area contributed by atoms with Crippen molar-refractivity contribution in [2.24, 2.45) is 0 Å². The number of anilines is 1. The Morgan fingerprint density at radius 2 is 2.00 bits per heavy atom. The van der Waals surface area contributed by atoms with Gasteiger partial charge in [-0.15, -0.1) is 0 Å². The fraction of sp³-hybridized carbons (Fsp3) is 0.188. The molecule has 0 spiro atoms. The van der Waals surface area contributed by atoms with E-state index in [9.17, 15) is 4.79 Å². The first-order valence-corrected chi connectivity index (χ1v) is 6.97. The molecule has 3 nitrogen and oxygen atoms in total. The predicted octanol–water partition coefficient (Wildman–Crippen LogP) is 3.34. The summed E-state index contributed by atoms with van der Waals surface area (Å²) in [6, 6.07) is 13.3. The monoisotopic (exact) mass is 286 g/mol. The van der Waals surface area contributed by atoms with Crippen molar-refractivity contribution in [2.45, 2.75) is 18.9 Å². The normalized spacial score (nSPS) is 16.8. The first-order chi connectivity index (χ1) is 9.66. The quantitative estimate of drug-likeness (QED) is 0.832. The fourth-order valence-electron chi connectivity index (χ4n) is 2.68. The molecule has 1 aliphatic rings. The maximum atomic E-state index is 12.3. The van der Waals surface area contributed by atoms with E-state index >= 15 is 0 Å². The number of hydrogen-bond acceptors (Lipinski definition) is 2. The summed E-state index contributed by atoms with van der Waals surface area (Å²) in [6.45, 7) is 0. The van der Waals surface area contributed by atoms with E-state index in [0.29, 0.717) is 16.3 Å². The maximum absolute atomic E-state index is 12.3.